The van der Waals surface area contributed by atoms with Crippen molar-refractivity contribution in [2.45, 2.75) is 38.2 Å². The van der Waals surface area contributed by atoms with Crippen molar-refractivity contribution in [3.63, 3.8) is 0 Å². The highest BCUT2D eigenvalue weighted by Crippen LogP contribution is 2.45. The van der Waals surface area contributed by atoms with Gasteiger partial charge in [0.15, 0.2) is 5.82 Å². The molecule has 0 bridgehead atoms. The van der Waals surface area contributed by atoms with Crippen molar-refractivity contribution in [1.29, 1.82) is 0 Å². The van der Waals surface area contributed by atoms with Crippen molar-refractivity contribution in [2.75, 3.05) is 5.32 Å². The van der Waals surface area contributed by atoms with E-state index >= 15 is 0 Å². The summed E-state index contributed by atoms with van der Waals surface area (Å²) in [4.78, 5) is 12.1. The van der Waals surface area contributed by atoms with E-state index in [2.05, 4.69) is 47.6 Å². The zero-order chi connectivity index (χ0) is 15.1. The fourth-order valence-corrected chi connectivity index (χ4v) is 4.18. The molecule has 0 unspecified atom stereocenters. The quantitative estimate of drug-likeness (QED) is 0.847. The fraction of sp³-hybridized carbons (Fsp3) is 0.375. The van der Waals surface area contributed by atoms with Gasteiger partial charge in [-0.05, 0) is 38.8 Å². The van der Waals surface area contributed by atoms with Gasteiger partial charge in [-0.15, -0.1) is 11.8 Å². The average Bonchev–Trinajstić information content (AvgIpc) is 2.71. The van der Waals surface area contributed by atoms with Crippen molar-refractivity contribution in [1.82, 2.24) is 10.2 Å². The van der Waals surface area contributed by atoms with Gasteiger partial charge in [0, 0.05) is 11.3 Å². The van der Waals surface area contributed by atoms with E-state index in [-0.39, 0.29) is 16.4 Å². The number of amides is 1. The van der Waals surface area contributed by atoms with Gasteiger partial charge in [-0.3, -0.25) is 9.89 Å². The van der Waals surface area contributed by atoms with Crippen LogP contribution in [-0.2, 0) is 4.79 Å². The number of aromatic nitrogens is 2. The molecule has 0 fully saturated rings. The maximum absolute atomic E-state index is 12.1. The average molecular weight is 301 g/mol. The number of carbonyl (C=O) groups is 1. The predicted molar refractivity (Wildman–Crippen MR) is 86.8 cm³/mol. The number of anilines is 1. The summed E-state index contributed by atoms with van der Waals surface area (Å²) in [6.45, 7) is 8.18. The monoisotopic (exact) mass is 301 g/mol. The number of benzene rings is 1. The predicted octanol–water partition coefficient (Wildman–Crippen LogP) is 3.50. The first-order valence-electron chi connectivity index (χ1n) is 7.05. The van der Waals surface area contributed by atoms with Gasteiger partial charge in [0.1, 0.15) is 0 Å². The summed E-state index contributed by atoms with van der Waals surface area (Å²) < 4.78 is 0. The molecule has 0 saturated heterocycles. The van der Waals surface area contributed by atoms with Crippen molar-refractivity contribution in [3.05, 3.63) is 46.1 Å². The van der Waals surface area contributed by atoms with Crippen LogP contribution >= 0.6 is 11.8 Å². The molecule has 0 radical (unpaired) electrons. The Bertz CT molecular complexity index is 708. The van der Waals surface area contributed by atoms with E-state index in [1.807, 2.05) is 13.8 Å². The molecule has 5 heteroatoms. The molecule has 4 nitrogen and oxygen atoms in total. The smallest absolute Gasteiger partial charge is 0.238 e. The topological polar surface area (TPSA) is 57.8 Å². The first-order chi connectivity index (χ1) is 9.97. The van der Waals surface area contributed by atoms with Crippen LogP contribution < -0.4 is 5.32 Å². The minimum atomic E-state index is -0.107. The van der Waals surface area contributed by atoms with Gasteiger partial charge in [-0.2, -0.15) is 5.10 Å². The number of nitrogens with one attached hydrogen (secondary N) is 2. The maximum Gasteiger partial charge on any atom is 0.238 e. The van der Waals surface area contributed by atoms with Crippen LogP contribution in [0.1, 0.15) is 40.1 Å². The molecule has 0 spiro atoms. The molecular formula is C16H19N3OS. The summed E-state index contributed by atoms with van der Waals surface area (Å²) in [5.74, 6) is 0.680. The number of nitrogens with zero attached hydrogens (tertiary/aromatic N) is 1. The molecule has 1 aromatic heterocycles. The number of H-pyrrole nitrogens is 1. The lowest BCUT2D eigenvalue weighted by atomic mass is 9.98. The molecule has 0 aliphatic carbocycles. The van der Waals surface area contributed by atoms with Crippen LogP contribution in [-0.4, -0.2) is 21.4 Å². The van der Waals surface area contributed by atoms with E-state index < -0.39 is 0 Å². The second-order valence-electron chi connectivity index (χ2n) is 5.62. The highest BCUT2D eigenvalue weighted by Gasteiger charge is 2.32. The van der Waals surface area contributed by atoms with E-state index in [9.17, 15) is 4.79 Å². The van der Waals surface area contributed by atoms with Gasteiger partial charge in [-0.25, -0.2) is 0 Å². The molecule has 110 valence electrons. The van der Waals surface area contributed by atoms with Crippen LogP contribution in [0.25, 0.3) is 0 Å². The Balaban J connectivity index is 2.15. The van der Waals surface area contributed by atoms with Gasteiger partial charge in [0.25, 0.3) is 0 Å². The summed E-state index contributed by atoms with van der Waals surface area (Å²) in [6, 6.07) is 6.49. The zero-order valence-electron chi connectivity index (χ0n) is 12.7. The SMILES string of the molecule is Cc1ccc([C@@H]2S[C@H](C)C(=O)Nc3n[nH]c(C)c32)c(C)c1. The number of rotatable bonds is 1. The first-order valence-corrected chi connectivity index (χ1v) is 8.00. The number of hydrogen-bond acceptors (Lipinski definition) is 3. The Labute approximate surface area is 128 Å². The zero-order valence-corrected chi connectivity index (χ0v) is 13.5. The van der Waals surface area contributed by atoms with Crippen LogP contribution in [0.15, 0.2) is 18.2 Å². The standard InChI is InChI=1S/C16H19N3OS/c1-8-5-6-12(9(2)7-8)14-13-10(3)18-19-15(13)17-16(20)11(4)21-14/h5-7,11,14H,1-4H3,(H2,17,18,19,20)/t11-,14+/m1/s1. The fourth-order valence-electron chi connectivity index (χ4n) is 2.75. The number of hydrogen-bond donors (Lipinski definition) is 2. The van der Waals surface area contributed by atoms with Crippen molar-refractivity contribution < 1.29 is 4.79 Å². The summed E-state index contributed by atoms with van der Waals surface area (Å²) in [7, 11) is 0. The number of carbonyl (C=O) groups excluding carboxylic acids is 1. The van der Waals surface area contributed by atoms with Gasteiger partial charge in [0.05, 0.1) is 10.5 Å². The van der Waals surface area contributed by atoms with Gasteiger partial charge in [0.2, 0.25) is 5.91 Å². The second-order valence-corrected chi connectivity index (χ2v) is 7.07. The summed E-state index contributed by atoms with van der Waals surface area (Å²) >= 11 is 1.68. The van der Waals surface area contributed by atoms with Crippen molar-refractivity contribution >= 4 is 23.5 Å². The first kappa shape index (κ1) is 14.2. The van der Waals surface area contributed by atoms with Crippen LogP contribution in [0.2, 0.25) is 0 Å². The van der Waals surface area contributed by atoms with E-state index in [0.29, 0.717) is 5.82 Å². The van der Waals surface area contributed by atoms with E-state index in [1.165, 1.54) is 16.7 Å². The molecule has 2 aromatic rings. The lowest BCUT2D eigenvalue weighted by Crippen LogP contribution is -2.21. The minimum Gasteiger partial charge on any atom is -0.308 e. The van der Waals surface area contributed by atoms with Gasteiger partial charge >= 0.3 is 0 Å². The molecule has 2 atom stereocenters. The number of aryl methyl sites for hydroxylation is 3. The van der Waals surface area contributed by atoms with Crippen LogP contribution in [0.3, 0.4) is 0 Å². The largest absolute Gasteiger partial charge is 0.308 e. The Morgan fingerprint density at radius 2 is 2.00 bits per heavy atom. The van der Waals surface area contributed by atoms with Crippen molar-refractivity contribution in [3.8, 4) is 0 Å². The van der Waals surface area contributed by atoms with Crippen molar-refractivity contribution in [2.24, 2.45) is 0 Å². The highest BCUT2D eigenvalue weighted by molar-refractivity contribution is 8.01. The maximum atomic E-state index is 12.1. The van der Waals surface area contributed by atoms with Gasteiger partial charge in [-0.1, -0.05) is 23.8 Å². The van der Waals surface area contributed by atoms with E-state index in [4.69, 9.17) is 0 Å². The third-order valence-electron chi connectivity index (χ3n) is 3.92. The minimum absolute atomic E-state index is 0.0139. The number of thioether (sulfide) groups is 1. The molecule has 21 heavy (non-hydrogen) atoms. The number of fused-ring (bicyclic) bond motifs is 1. The second kappa shape index (κ2) is 5.22. The van der Waals surface area contributed by atoms with Gasteiger partial charge < -0.3 is 5.32 Å². The lowest BCUT2D eigenvalue weighted by molar-refractivity contribution is -0.115. The molecule has 2 N–H and O–H groups in total. The van der Waals surface area contributed by atoms with E-state index in [1.54, 1.807) is 11.8 Å². The molecule has 1 amide bonds. The number of aromatic amines is 1. The Morgan fingerprint density at radius 3 is 2.71 bits per heavy atom. The lowest BCUT2D eigenvalue weighted by Gasteiger charge is -2.20. The molecule has 1 aliphatic heterocycles. The van der Waals surface area contributed by atoms with Crippen LogP contribution in [0, 0.1) is 20.8 Å². The molecular weight excluding hydrogens is 282 g/mol. The molecule has 3 rings (SSSR count). The molecule has 2 heterocycles. The Hall–Kier alpha value is -1.75. The molecule has 1 aliphatic rings. The summed E-state index contributed by atoms with van der Waals surface area (Å²) in [5, 5.41) is 10.2. The third-order valence-corrected chi connectivity index (χ3v) is 5.30. The molecule has 1 aromatic carbocycles. The Kier molecular flexibility index (Phi) is 3.53. The normalized spacial score (nSPS) is 21.6. The summed E-state index contributed by atoms with van der Waals surface area (Å²) in [6.07, 6.45) is 0. The van der Waals surface area contributed by atoms with E-state index in [0.717, 1.165) is 11.3 Å². The Morgan fingerprint density at radius 1 is 1.24 bits per heavy atom. The summed E-state index contributed by atoms with van der Waals surface area (Å²) in [5.41, 5.74) is 5.85. The molecule has 0 saturated carbocycles. The van der Waals surface area contributed by atoms with Crippen LogP contribution in [0.4, 0.5) is 5.82 Å². The third kappa shape index (κ3) is 2.46. The highest BCUT2D eigenvalue weighted by atomic mass is 32.2. The van der Waals surface area contributed by atoms with Crippen LogP contribution in [0.5, 0.6) is 0 Å².